The number of methoxy groups -OCH3 is 1. The average molecular weight is 314 g/mol. The Kier molecular flexibility index (Phi) is 4.02. The van der Waals surface area contributed by atoms with E-state index in [-0.39, 0.29) is 0 Å². The van der Waals surface area contributed by atoms with Gasteiger partial charge >= 0.3 is 0 Å². The van der Waals surface area contributed by atoms with Gasteiger partial charge in [-0.05, 0) is 44.7 Å². The van der Waals surface area contributed by atoms with Crippen molar-refractivity contribution in [3.05, 3.63) is 22.5 Å². The number of hydrogen-bond donors (Lipinski definition) is 1. The molecule has 0 saturated carbocycles. The molecule has 7 nitrogen and oxygen atoms in total. The predicted octanol–water partition coefficient (Wildman–Crippen LogP) is 3.54. The zero-order valence-corrected chi connectivity index (χ0v) is 14.3. The fraction of sp³-hybridized carbons (Fsp3) is 0.500. The summed E-state index contributed by atoms with van der Waals surface area (Å²) in [6.07, 6.45) is 2.16. The van der Waals surface area contributed by atoms with Crippen LogP contribution in [0.1, 0.15) is 28.9 Å². The van der Waals surface area contributed by atoms with Crippen LogP contribution >= 0.6 is 0 Å². The Hall–Kier alpha value is -2.44. The highest BCUT2D eigenvalue weighted by Crippen LogP contribution is 2.45. The van der Waals surface area contributed by atoms with E-state index >= 15 is 0 Å². The van der Waals surface area contributed by atoms with Gasteiger partial charge in [0.1, 0.15) is 11.6 Å². The van der Waals surface area contributed by atoms with Crippen molar-refractivity contribution in [1.29, 1.82) is 0 Å². The second kappa shape index (κ2) is 5.98. The molecule has 2 heterocycles. The highest BCUT2D eigenvalue weighted by atomic mass is 16.5. The lowest BCUT2D eigenvalue weighted by Crippen LogP contribution is -2.26. The number of rotatable bonds is 3. The predicted molar refractivity (Wildman–Crippen MR) is 89.4 cm³/mol. The lowest BCUT2D eigenvalue weighted by molar-refractivity contribution is 0.410. The van der Waals surface area contributed by atoms with Gasteiger partial charge in [0.15, 0.2) is 0 Å². The number of fused-ring (bicyclic) bond motifs is 1. The van der Waals surface area contributed by atoms with Crippen molar-refractivity contribution in [3.8, 4) is 5.75 Å². The Morgan fingerprint density at radius 3 is 2.61 bits per heavy atom. The molecule has 1 aromatic heterocycles. The van der Waals surface area contributed by atoms with Gasteiger partial charge in [-0.2, -0.15) is 4.98 Å². The molecular weight excluding hydrogens is 292 g/mol. The number of benzene rings is 1. The third kappa shape index (κ3) is 2.67. The van der Waals surface area contributed by atoms with Crippen LogP contribution in [-0.4, -0.2) is 35.9 Å². The summed E-state index contributed by atoms with van der Waals surface area (Å²) in [6.45, 7) is 6.99. The summed E-state index contributed by atoms with van der Waals surface area (Å²) >= 11 is 0. The van der Waals surface area contributed by atoms with Gasteiger partial charge < -0.3 is 9.64 Å². The van der Waals surface area contributed by atoms with Gasteiger partial charge in [-0.25, -0.2) is 0 Å². The first-order valence-electron chi connectivity index (χ1n) is 7.74. The number of H-pyrrole nitrogens is 1. The van der Waals surface area contributed by atoms with Crippen LogP contribution in [0.5, 0.6) is 5.75 Å². The Morgan fingerprint density at radius 2 is 1.96 bits per heavy atom. The normalized spacial score (nSPS) is 14.4. The quantitative estimate of drug-likeness (QED) is 0.879. The van der Waals surface area contributed by atoms with Crippen molar-refractivity contribution >= 4 is 17.3 Å². The van der Waals surface area contributed by atoms with Crippen LogP contribution in [0.2, 0.25) is 0 Å². The molecule has 1 N–H and O–H groups in total. The van der Waals surface area contributed by atoms with E-state index in [1.165, 1.54) is 11.3 Å². The molecule has 7 heteroatoms. The maximum atomic E-state index is 5.68. The van der Waals surface area contributed by atoms with Crippen LogP contribution in [0.25, 0.3) is 0 Å². The lowest BCUT2D eigenvalue weighted by atomic mass is 9.92. The topological polar surface area (TPSA) is 78.8 Å². The van der Waals surface area contributed by atoms with Crippen LogP contribution in [0.4, 0.5) is 17.3 Å². The SMILES string of the molecule is COc1c(C)c(N=Nc2n[nH]c(C)n2)c(C)c2c1N(C)CCC2. The first-order valence-corrected chi connectivity index (χ1v) is 7.74. The van der Waals surface area contributed by atoms with E-state index in [1.807, 2.05) is 13.8 Å². The Balaban J connectivity index is 2.12. The van der Waals surface area contributed by atoms with Crippen molar-refractivity contribution in [2.24, 2.45) is 10.2 Å². The van der Waals surface area contributed by atoms with Gasteiger partial charge in [0, 0.05) is 19.2 Å². The minimum atomic E-state index is 0.343. The summed E-state index contributed by atoms with van der Waals surface area (Å²) in [5, 5.41) is 15.3. The van der Waals surface area contributed by atoms with Gasteiger partial charge in [-0.3, -0.25) is 5.10 Å². The highest BCUT2D eigenvalue weighted by Gasteiger charge is 2.25. The standard InChI is InChI=1S/C16H22N6O/c1-9-12-7-6-8-22(4)14(12)15(23-5)10(2)13(9)19-21-16-17-11(3)18-20-16/h6-8H2,1-5H3,(H,17,18,20). The minimum Gasteiger partial charge on any atom is -0.494 e. The van der Waals surface area contributed by atoms with Crippen molar-refractivity contribution in [3.63, 3.8) is 0 Å². The molecule has 0 radical (unpaired) electrons. The molecular formula is C16H22N6O. The molecule has 0 fully saturated rings. The van der Waals surface area contributed by atoms with Crippen LogP contribution < -0.4 is 9.64 Å². The zero-order chi connectivity index (χ0) is 16.6. The molecule has 122 valence electrons. The first-order chi connectivity index (χ1) is 11.0. The summed E-state index contributed by atoms with van der Waals surface area (Å²) in [7, 11) is 3.82. The van der Waals surface area contributed by atoms with Crippen LogP contribution in [-0.2, 0) is 6.42 Å². The molecule has 0 unspecified atom stereocenters. The van der Waals surface area contributed by atoms with Gasteiger partial charge in [-0.1, -0.05) is 0 Å². The number of nitrogens with one attached hydrogen (secondary N) is 1. The number of aromatic nitrogens is 3. The Bertz CT molecular complexity index is 741. The van der Waals surface area contributed by atoms with E-state index in [2.05, 4.69) is 44.3 Å². The van der Waals surface area contributed by atoms with Gasteiger partial charge in [0.2, 0.25) is 0 Å². The number of hydrogen-bond acceptors (Lipinski definition) is 6. The number of nitrogens with zero attached hydrogens (tertiary/aromatic N) is 5. The molecule has 23 heavy (non-hydrogen) atoms. The second-order valence-corrected chi connectivity index (χ2v) is 5.90. The molecule has 0 atom stereocenters. The number of aryl methyl sites for hydroxylation is 1. The summed E-state index contributed by atoms with van der Waals surface area (Å²) < 4.78 is 5.68. The van der Waals surface area contributed by atoms with Crippen LogP contribution in [0.15, 0.2) is 10.2 Å². The molecule has 0 spiro atoms. The molecule has 0 bridgehead atoms. The maximum absolute atomic E-state index is 5.68. The number of aromatic amines is 1. The summed E-state index contributed by atoms with van der Waals surface area (Å²) in [5.41, 5.74) is 5.47. The Morgan fingerprint density at radius 1 is 1.17 bits per heavy atom. The number of anilines is 1. The summed E-state index contributed by atoms with van der Waals surface area (Å²) in [4.78, 5) is 6.42. The summed E-state index contributed by atoms with van der Waals surface area (Å²) in [6, 6.07) is 0. The van der Waals surface area contributed by atoms with E-state index in [0.29, 0.717) is 5.95 Å². The monoisotopic (exact) mass is 314 g/mol. The fourth-order valence-electron chi connectivity index (χ4n) is 3.21. The molecule has 3 rings (SSSR count). The molecule has 0 aliphatic carbocycles. The van der Waals surface area contributed by atoms with E-state index in [0.717, 1.165) is 47.8 Å². The van der Waals surface area contributed by atoms with Crippen molar-refractivity contribution < 1.29 is 4.74 Å². The molecule has 1 aromatic carbocycles. The van der Waals surface area contributed by atoms with Crippen molar-refractivity contribution in [1.82, 2.24) is 15.2 Å². The van der Waals surface area contributed by atoms with E-state index < -0.39 is 0 Å². The Labute approximate surface area is 135 Å². The van der Waals surface area contributed by atoms with Crippen LogP contribution in [0.3, 0.4) is 0 Å². The average Bonchev–Trinajstić information content (AvgIpc) is 2.94. The van der Waals surface area contributed by atoms with E-state index in [4.69, 9.17) is 4.74 Å². The fourth-order valence-corrected chi connectivity index (χ4v) is 3.21. The van der Waals surface area contributed by atoms with Gasteiger partial charge in [0.25, 0.3) is 5.95 Å². The largest absolute Gasteiger partial charge is 0.494 e. The lowest BCUT2D eigenvalue weighted by Gasteiger charge is -2.32. The zero-order valence-electron chi connectivity index (χ0n) is 14.3. The van der Waals surface area contributed by atoms with Gasteiger partial charge in [-0.15, -0.1) is 15.3 Å². The van der Waals surface area contributed by atoms with E-state index in [1.54, 1.807) is 7.11 Å². The highest BCUT2D eigenvalue weighted by molar-refractivity contribution is 5.77. The first kappa shape index (κ1) is 15.5. The van der Waals surface area contributed by atoms with Crippen molar-refractivity contribution in [2.45, 2.75) is 33.6 Å². The third-order valence-corrected chi connectivity index (χ3v) is 4.34. The maximum Gasteiger partial charge on any atom is 0.287 e. The molecule has 0 amide bonds. The second-order valence-electron chi connectivity index (χ2n) is 5.90. The van der Waals surface area contributed by atoms with Crippen molar-refractivity contribution in [2.75, 3.05) is 25.6 Å². The van der Waals surface area contributed by atoms with Gasteiger partial charge in [0.05, 0.1) is 18.5 Å². The molecule has 0 saturated heterocycles. The van der Waals surface area contributed by atoms with E-state index in [9.17, 15) is 0 Å². The molecule has 1 aliphatic rings. The number of ether oxygens (including phenoxy) is 1. The summed E-state index contributed by atoms with van der Waals surface area (Å²) in [5.74, 6) is 1.94. The molecule has 2 aromatic rings. The minimum absolute atomic E-state index is 0.343. The smallest absolute Gasteiger partial charge is 0.287 e. The third-order valence-electron chi connectivity index (χ3n) is 4.34. The number of azo groups is 1. The molecule has 1 aliphatic heterocycles. The van der Waals surface area contributed by atoms with Crippen LogP contribution in [0, 0.1) is 20.8 Å².